The van der Waals surface area contributed by atoms with Crippen molar-refractivity contribution >= 4 is 11.5 Å². The highest BCUT2D eigenvalue weighted by atomic mass is 16.1. The molecule has 3 heterocycles. The Hall–Kier alpha value is -3.69. The van der Waals surface area contributed by atoms with Gasteiger partial charge in [0.05, 0.1) is 18.7 Å². The van der Waals surface area contributed by atoms with E-state index < -0.39 is 0 Å². The third kappa shape index (κ3) is 3.30. The molecule has 5 rings (SSSR count). The molecule has 0 saturated carbocycles. The van der Waals surface area contributed by atoms with E-state index in [9.17, 15) is 4.79 Å². The van der Waals surface area contributed by atoms with Gasteiger partial charge in [-0.2, -0.15) is 0 Å². The summed E-state index contributed by atoms with van der Waals surface area (Å²) in [5.41, 5.74) is 4.75. The van der Waals surface area contributed by atoms with Gasteiger partial charge in [0, 0.05) is 44.1 Å². The Kier molecular flexibility index (Phi) is 4.66. The molecule has 6 nitrogen and oxygen atoms in total. The maximum Gasteiger partial charge on any atom is 0.259 e. The Labute approximate surface area is 174 Å². The van der Waals surface area contributed by atoms with E-state index >= 15 is 0 Å². The van der Waals surface area contributed by atoms with Gasteiger partial charge in [0.15, 0.2) is 5.69 Å². The monoisotopic (exact) mass is 395 g/mol. The molecular weight excluding hydrogens is 374 g/mol. The van der Waals surface area contributed by atoms with Crippen molar-refractivity contribution in [1.82, 2.24) is 18.9 Å². The first kappa shape index (κ1) is 18.3. The molecule has 2 aromatic heterocycles. The molecule has 0 fully saturated rings. The Morgan fingerprint density at radius 3 is 2.70 bits per heavy atom. The summed E-state index contributed by atoms with van der Waals surface area (Å²) in [6.45, 7) is 9.91. The Morgan fingerprint density at radius 1 is 1.03 bits per heavy atom. The zero-order valence-corrected chi connectivity index (χ0v) is 16.5. The van der Waals surface area contributed by atoms with Crippen LogP contribution in [0.2, 0.25) is 0 Å². The van der Waals surface area contributed by atoms with Gasteiger partial charge in [-0.3, -0.25) is 18.7 Å². The van der Waals surface area contributed by atoms with Crippen LogP contribution in [0.5, 0.6) is 0 Å². The first-order valence-electron chi connectivity index (χ1n) is 10.0. The molecule has 0 amide bonds. The van der Waals surface area contributed by atoms with Gasteiger partial charge in [0.1, 0.15) is 0 Å². The standard InChI is InChI=1S/C24H21N5O/c1-25-20-9-5-8-19(14-20)15-27-12-10-22-21(17-27)23(30)29(24-26-11-13-28(22)24)16-18-6-3-2-4-7-18/h2-9,11,13-14H,10,12,15-17H2. The number of hydrogen-bond donors (Lipinski definition) is 0. The predicted molar refractivity (Wildman–Crippen MR) is 116 cm³/mol. The van der Waals surface area contributed by atoms with Crippen molar-refractivity contribution in [3.63, 3.8) is 0 Å². The van der Waals surface area contributed by atoms with Crippen LogP contribution in [-0.4, -0.2) is 25.4 Å². The van der Waals surface area contributed by atoms with Crippen LogP contribution < -0.4 is 5.56 Å². The van der Waals surface area contributed by atoms with Gasteiger partial charge in [-0.05, 0) is 11.1 Å². The topological polar surface area (TPSA) is 46.9 Å². The number of rotatable bonds is 4. The molecule has 0 atom stereocenters. The first-order valence-corrected chi connectivity index (χ1v) is 10.0. The van der Waals surface area contributed by atoms with Crippen molar-refractivity contribution in [2.45, 2.75) is 26.1 Å². The van der Waals surface area contributed by atoms with Crippen LogP contribution in [0.25, 0.3) is 10.6 Å². The second-order valence-electron chi connectivity index (χ2n) is 7.64. The van der Waals surface area contributed by atoms with E-state index in [0.29, 0.717) is 24.6 Å². The highest BCUT2D eigenvalue weighted by molar-refractivity contribution is 5.46. The SMILES string of the molecule is [C-]#[N+]c1cccc(CN2CCc3c(c(=O)n(Cc4ccccc4)c4nccn34)C2)c1. The summed E-state index contributed by atoms with van der Waals surface area (Å²) in [4.78, 5) is 23.7. The fraction of sp³-hybridized carbons (Fsp3) is 0.208. The van der Waals surface area contributed by atoms with E-state index in [0.717, 1.165) is 41.9 Å². The second-order valence-corrected chi connectivity index (χ2v) is 7.64. The zero-order chi connectivity index (χ0) is 20.5. The summed E-state index contributed by atoms with van der Waals surface area (Å²) in [6, 6.07) is 17.7. The van der Waals surface area contributed by atoms with Crippen molar-refractivity contribution in [2.75, 3.05) is 6.54 Å². The number of benzene rings is 2. The fourth-order valence-electron chi connectivity index (χ4n) is 4.25. The zero-order valence-electron chi connectivity index (χ0n) is 16.5. The number of fused-ring (bicyclic) bond motifs is 3. The minimum atomic E-state index is 0.0344. The van der Waals surface area contributed by atoms with E-state index in [1.165, 1.54) is 0 Å². The highest BCUT2D eigenvalue weighted by Crippen LogP contribution is 2.21. The lowest BCUT2D eigenvalue weighted by Crippen LogP contribution is -2.38. The highest BCUT2D eigenvalue weighted by Gasteiger charge is 2.24. The van der Waals surface area contributed by atoms with Crippen molar-refractivity contribution < 1.29 is 0 Å². The van der Waals surface area contributed by atoms with Gasteiger partial charge in [-0.25, -0.2) is 9.83 Å². The van der Waals surface area contributed by atoms with E-state index in [1.54, 1.807) is 10.8 Å². The van der Waals surface area contributed by atoms with E-state index in [4.69, 9.17) is 6.57 Å². The molecule has 0 aliphatic carbocycles. The lowest BCUT2D eigenvalue weighted by molar-refractivity contribution is 0.240. The number of nitrogens with zero attached hydrogens (tertiary/aromatic N) is 5. The molecule has 6 heteroatoms. The summed E-state index contributed by atoms with van der Waals surface area (Å²) in [5, 5.41) is 0. The summed E-state index contributed by atoms with van der Waals surface area (Å²) in [7, 11) is 0. The van der Waals surface area contributed by atoms with Crippen LogP contribution in [0.1, 0.15) is 22.4 Å². The number of imidazole rings is 1. The van der Waals surface area contributed by atoms with Crippen LogP contribution in [-0.2, 0) is 26.1 Å². The molecule has 1 aliphatic rings. The van der Waals surface area contributed by atoms with Gasteiger partial charge < -0.3 is 0 Å². The van der Waals surface area contributed by atoms with Gasteiger partial charge in [-0.1, -0.05) is 54.6 Å². The predicted octanol–water partition coefficient (Wildman–Crippen LogP) is 3.65. The van der Waals surface area contributed by atoms with Crippen LogP contribution >= 0.6 is 0 Å². The third-order valence-electron chi connectivity index (χ3n) is 5.68. The summed E-state index contributed by atoms with van der Waals surface area (Å²) in [5.74, 6) is 0.695. The average molecular weight is 395 g/mol. The molecule has 0 saturated heterocycles. The van der Waals surface area contributed by atoms with Crippen LogP contribution in [0.4, 0.5) is 5.69 Å². The van der Waals surface area contributed by atoms with E-state index in [-0.39, 0.29) is 5.56 Å². The van der Waals surface area contributed by atoms with Gasteiger partial charge in [0.2, 0.25) is 5.78 Å². The minimum Gasteiger partial charge on any atom is -0.294 e. The first-order chi connectivity index (χ1) is 14.7. The maximum absolute atomic E-state index is 13.5. The molecule has 0 radical (unpaired) electrons. The summed E-state index contributed by atoms with van der Waals surface area (Å²) in [6.07, 6.45) is 4.51. The largest absolute Gasteiger partial charge is 0.294 e. The smallest absolute Gasteiger partial charge is 0.259 e. The Balaban J connectivity index is 1.51. The third-order valence-corrected chi connectivity index (χ3v) is 5.68. The number of aromatic nitrogens is 3. The average Bonchev–Trinajstić information content (AvgIpc) is 3.27. The maximum atomic E-state index is 13.5. The van der Waals surface area contributed by atoms with Crippen molar-refractivity contribution in [2.24, 2.45) is 0 Å². The lowest BCUT2D eigenvalue weighted by Gasteiger charge is -2.29. The second kappa shape index (κ2) is 7.62. The molecule has 0 spiro atoms. The van der Waals surface area contributed by atoms with Crippen molar-refractivity contribution in [1.29, 1.82) is 0 Å². The molecule has 2 aromatic carbocycles. The molecule has 0 N–H and O–H groups in total. The lowest BCUT2D eigenvalue weighted by atomic mass is 10.1. The molecule has 0 unspecified atom stereocenters. The fourth-order valence-corrected chi connectivity index (χ4v) is 4.25. The van der Waals surface area contributed by atoms with Crippen LogP contribution in [0.15, 0.2) is 71.8 Å². The van der Waals surface area contributed by atoms with E-state index in [1.807, 2.05) is 60.8 Å². The Bertz CT molecular complexity index is 1310. The summed E-state index contributed by atoms with van der Waals surface area (Å²) >= 11 is 0. The van der Waals surface area contributed by atoms with Gasteiger partial charge in [-0.15, -0.1) is 0 Å². The van der Waals surface area contributed by atoms with Gasteiger partial charge >= 0.3 is 0 Å². The number of hydrogen-bond acceptors (Lipinski definition) is 3. The van der Waals surface area contributed by atoms with Crippen LogP contribution in [0.3, 0.4) is 0 Å². The van der Waals surface area contributed by atoms with E-state index in [2.05, 4.69) is 19.1 Å². The normalized spacial score (nSPS) is 13.8. The molecule has 0 bridgehead atoms. The Morgan fingerprint density at radius 2 is 1.87 bits per heavy atom. The summed E-state index contributed by atoms with van der Waals surface area (Å²) < 4.78 is 3.84. The molecule has 1 aliphatic heterocycles. The quantitative estimate of drug-likeness (QED) is 0.496. The molecule has 30 heavy (non-hydrogen) atoms. The van der Waals surface area contributed by atoms with Crippen LogP contribution in [0, 0.1) is 6.57 Å². The van der Waals surface area contributed by atoms with Crippen molar-refractivity contribution in [3.8, 4) is 0 Å². The van der Waals surface area contributed by atoms with Crippen molar-refractivity contribution in [3.05, 3.63) is 111 Å². The van der Waals surface area contributed by atoms with Gasteiger partial charge in [0.25, 0.3) is 5.56 Å². The molecule has 4 aromatic rings. The molecule has 148 valence electrons. The minimum absolute atomic E-state index is 0.0344. The molecular formula is C24H21N5O.